The van der Waals surface area contributed by atoms with Gasteiger partial charge in [-0.3, -0.25) is 0 Å². The minimum absolute atomic E-state index is 0.0309. The molecular weight excluding hydrogens is 484 g/mol. The molecule has 0 amide bonds. The molecule has 1 aliphatic heterocycles. The molecule has 0 aliphatic carbocycles. The summed E-state index contributed by atoms with van der Waals surface area (Å²) in [6.45, 7) is 4.29. The number of benzene rings is 3. The summed E-state index contributed by atoms with van der Waals surface area (Å²) in [5, 5.41) is 5.98. The first kappa shape index (κ1) is 24.9. The largest absolute Gasteiger partial charge is 0.285 e. The third-order valence-electron chi connectivity index (χ3n) is 4.78. The van der Waals surface area contributed by atoms with E-state index < -0.39 is 10.0 Å². The summed E-state index contributed by atoms with van der Waals surface area (Å²) in [7, 11) is -4.05. The first-order valence-electron chi connectivity index (χ1n) is 10.3. The quantitative estimate of drug-likeness (QED) is 0.237. The highest BCUT2D eigenvalue weighted by atomic mass is 35.5. The average molecular weight is 506 g/mol. The smallest absolute Gasteiger partial charge is 0.236 e. The van der Waals surface area contributed by atoms with Gasteiger partial charge in [0.15, 0.2) is 0 Å². The number of nitrogens with zero attached hydrogens (tertiary/aromatic N) is 3. The number of rotatable bonds is 4. The monoisotopic (exact) mass is 505 g/mol. The highest BCUT2D eigenvalue weighted by Gasteiger charge is 2.32. The van der Waals surface area contributed by atoms with Crippen molar-refractivity contribution in [2.75, 3.05) is 6.54 Å². The van der Waals surface area contributed by atoms with Crippen LogP contribution >= 0.6 is 23.2 Å². The van der Waals surface area contributed by atoms with E-state index in [4.69, 9.17) is 23.2 Å². The molecule has 0 N–H and O–H groups in total. The second-order valence-corrected chi connectivity index (χ2v) is 9.21. The van der Waals surface area contributed by atoms with E-state index in [9.17, 15) is 12.8 Å². The first-order valence-corrected chi connectivity index (χ1v) is 12.5. The molecule has 0 saturated carbocycles. The van der Waals surface area contributed by atoms with Gasteiger partial charge in [-0.1, -0.05) is 67.9 Å². The molecule has 1 aliphatic rings. The number of hydrazone groups is 1. The first-order chi connectivity index (χ1) is 15.8. The molecule has 172 valence electrons. The molecule has 1 atom stereocenters. The zero-order valence-electron chi connectivity index (χ0n) is 18.0. The maximum absolute atomic E-state index is 13.4. The summed E-state index contributed by atoms with van der Waals surface area (Å²) < 4.78 is 42.4. The van der Waals surface area contributed by atoms with Gasteiger partial charge in [0.05, 0.1) is 17.2 Å². The molecule has 0 aromatic heterocycles. The lowest BCUT2D eigenvalue weighted by Gasteiger charge is -2.15. The molecule has 3 aromatic rings. The second kappa shape index (κ2) is 10.9. The van der Waals surface area contributed by atoms with Crippen LogP contribution in [0.5, 0.6) is 0 Å². The fraction of sp³-hybridized carbons (Fsp3) is 0.167. The molecule has 5 nitrogen and oxygen atoms in total. The molecule has 9 heteroatoms. The number of hydrogen-bond donors (Lipinski definition) is 0. The van der Waals surface area contributed by atoms with E-state index in [-0.39, 0.29) is 28.5 Å². The van der Waals surface area contributed by atoms with Crippen molar-refractivity contribution in [1.82, 2.24) is 5.01 Å². The summed E-state index contributed by atoms with van der Waals surface area (Å²) in [6, 6.07) is 21.2. The summed E-state index contributed by atoms with van der Waals surface area (Å²) >= 11 is 12.1. The van der Waals surface area contributed by atoms with Gasteiger partial charge in [0.2, 0.25) is 5.29 Å². The second-order valence-electron chi connectivity index (χ2n) is 6.83. The molecule has 1 unspecified atom stereocenters. The maximum Gasteiger partial charge on any atom is 0.285 e. The minimum Gasteiger partial charge on any atom is -0.236 e. The standard InChI is InChI=1S/C22H16Cl2FN3O2S.C2H6/c23-17-8-12-19(13-9-17)31(29,30)27-22(24)28-14-20(15-4-2-1-3-5-15)21(26-28)16-6-10-18(25)11-7-16;1-2/h1-13,20H,14H2;1-2H3/b27-22-;. The zero-order valence-corrected chi connectivity index (χ0v) is 20.3. The summed E-state index contributed by atoms with van der Waals surface area (Å²) in [5.74, 6) is -0.557. The Hall–Kier alpha value is -2.74. The van der Waals surface area contributed by atoms with Gasteiger partial charge in [0.25, 0.3) is 10.0 Å². The van der Waals surface area contributed by atoms with Gasteiger partial charge in [-0.05, 0) is 59.1 Å². The van der Waals surface area contributed by atoms with E-state index in [1.54, 1.807) is 12.1 Å². The fourth-order valence-corrected chi connectivity index (χ4v) is 4.63. The van der Waals surface area contributed by atoms with Crippen LogP contribution in [0.2, 0.25) is 5.02 Å². The Kier molecular flexibility index (Phi) is 8.24. The van der Waals surface area contributed by atoms with E-state index in [2.05, 4.69) is 9.50 Å². The van der Waals surface area contributed by atoms with Gasteiger partial charge in [-0.2, -0.15) is 13.5 Å². The molecule has 0 bridgehead atoms. The molecule has 4 rings (SSSR count). The van der Waals surface area contributed by atoms with Gasteiger partial charge >= 0.3 is 0 Å². The highest BCUT2D eigenvalue weighted by molar-refractivity contribution is 7.90. The van der Waals surface area contributed by atoms with Gasteiger partial charge < -0.3 is 0 Å². The Morgan fingerprint density at radius 2 is 1.61 bits per heavy atom. The highest BCUT2D eigenvalue weighted by Crippen LogP contribution is 2.30. The van der Waals surface area contributed by atoms with E-state index >= 15 is 0 Å². The lowest BCUT2D eigenvalue weighted by atomic mass is 9.91. The Balaban J connectivity index is 0.00000149. The third-order valence-corrected chi connectivity index (χ3v) is 6.69. The number of sulfonamides is 1. The number of amidine groups is 1. The Bertz CT molecular complexity index is 1250. The van der Waals surface area contributed by atoms with E-state index in [1.807, 2.05) is 44.2 Å². The summed E-state index contributed by atoms with van der Waals surface area (Å²) in [4.78, 5) is -0.0309. The van der Waals surface area contributed by atoms with Crippen molar-refractivity contribution in [3.63, 3.8) is 0 Å². The zero-order chi connectivity index (χ0) is 24.0. The lowest BCUT2D eigenvalue weighted by molar-refractivity contribution is 0.483. The van der Waals surface area contributed by atoms with Crippen molar-refractivity contribution in [2.24, 2.45) is 9.50 Å². The van der Waals surface area contributed by atoms with Crippen molar-refractivity contribution in [2.45, 2.75) is 24.7 Å². The van der Waals surface area contributed by atoms with Crippen LogP contribution in [0.4, 0.5) is 4.39 Å². The molecule has 0 radical (unpaired) electrons. The van der Waals surface area contributed by atoms with Crippen molar-refractivity contribution in [3.05, 3.63) is 101 Å². The van der Waals surface area contributed by atoms with Crippen molar-refractivity contribution in [3.8, 4) is 0 Å². The molecule has 33 heavy (non-hydrogen) atoms. The number of hydrogen-bond acceptors (Lipinski definition) is 3. The Morgan fingerprint density at radius 3 is 2.21 bits per heavy atom. The van der Waals surface area contributed by atoms with Gasteiger partial charge in [-0.25, -0.2) is 9.40 Å². The molecule has 0 saturated heterocycles. The fourth-order valence-electron chi connectivity index (χ4n) is 3.25. The minimum atomic E-state index is -4.05. The third kappa shape index (κ3) is 5.99. The van der Waals surface area contributed by atoms with Gasteiger partial charge in [0.1, 0.15) is 5.82 Å². The van der Waals surface area contributed by atoms with Crippen molar-refractivity contribution >= 4 is 44.2 Å². The Morgan fingerprint density at radius 1 is 1.00 bits per heavy atom. The molecule has 3 aromatic carbocycles. The Labute approximate surface area is 203 Å². The van der Waals surface area contributed by atoms with Crippen LogP contribution in [-0.4, -0.2) is 31.0 Å². The lowest BCUT2D eigenvalue weighted by Crippen LogP contribution is -2.23. The predicted octanol–water partition coefficient (Wildman–Crippen LogP) is 6.29. The SMILES string of the molecule is CC.O=S(=O)(/N=C(/Cl)N1CC(c2ccccc2)C(c2ccc(F)cc2)=N1)c1ccc(Cl)cc1. The predicted molar refractivity (Wildman–Crippen MR) is 132 cm³/mol. The van der Waals surface area contributed by atoms with E-state index in [0.29, 0.717) is 16.3 Å². The van der Waals surface area contributed by atoms with Crippen LogP contribution in [0.1, 0.15) is 30.9 Å². The van der Waals surface area contributed by atoms with Gasteiger partial charge in [0, 0.05) is 10.9 Å². The average Bonchev–Trinajstić information content (AvgIpc) is 3.27. The van der Waals surface area contributed by atoms with Crippen LogP contribution in [-0.2, 0) is 10.0 Å². The normalized spacial score (nSPS) is 16.2. The molecule has 0 spiro atoms. The summed E-state index contributed by atoms with van der Waals surface area (Å²) in [5.41, 5.74) is 2.32. The van der Waals surface area contributed by atoms with Crippen molar-refractivity contribution in [1.29, 1.82) is 0 Å². The van der Waals surface area contributed by atoms with Crippen LogP contribution in [0.25, 0.3) is 0 Å². The molecule has 1 heterocycles. The van der Waals surface area contributed by atoms with E-state index in [1.165, 1.54) is 41.4 Å². The molecule has 0 fully saturated rings. The maximum atomic E-state index is 13.4. The van der Waals surface area contributed by atoms with Crippen LogP contribution in [0.3, 0.4) is 0 Å². The van der Waals surface area contributed by atoms with Crippen molar-refractivity contribution < 1.29 is 12.8 Å². The van der Waals surface area contributed by atoms with Crippen LogP contribution < -0.4 is 0 Å². The summed E-state index contributed by atoms with van der Waals surface area (Å²) in [6.07, 6.45) is 0. The van der Waals surface area contributed by atoms with Gasteiger partial charge in [-0.15, -0.1) is 4.40 Å². The van der Waals surface area contributed by atoms with E-state index in [0.717, 1.165) is 5.56 Å². The van der Waals surface area contributed by atoms with Crippen LogP contribution in [0, 0.1) is 5.82 Å². The molecular formula is C24H22Cl2FN3O2S. The van der Waals surface area contributed by atoms with Crippen LogP contribution in [0.15, 0.2) is 93.3 Å². The number of halogens is 3. The topological polar surface area (TPSA) is 62.1 Å².